The summed E-state index contributed by atoms with van der Waals surface area (Å²) in [5.41, 5.74) is 0.524. The third-order valence-corrected chi connectivity index (χ3v) is 3.29. The molecule has 17 heavy (non-hydrogen) atoms. The van der Waals surface area contributed by atoms with Gasteiger partial charge in [0.2, 0.25) is 10.0 Å². The molecule has 0 aliphatic rings. The lowest BCUT2D eigenvalue weighted by molar-refractivity contribution is -0.385. The minimum Gasteiger partial charge on any atom is -0.395 e. The van der Waals surface area contributed by atoms with Crippen molar-refractivity contribution in [3.8, 4) is 0 Å². The molecule has 0 aliphatic carbocycles. The number of nitro groups is 1. The zero-order valence-electron chi connectivity index (χ0n) is 9.08. The Morgan fingerprint density at radius 1 is 1.47 bits per heavy atom. The van der Waals surface area contributed by atoms with E-state index in [9.17, 15) is 18.5 Å². The van der Waals surface area contributed by atoms with Gasteiger partial charge in [0.05, 0.1) is 17.3 Å². The molecule has 0 unspecified atom stereocenters. The molecule has 1 aromatic carbocycles. The van der Waals surface area contributed by atoms with Crippen LogP contribution in [0.4, 0.5) is 11.4 Å². The number of nitro benzene ring substituents is 1. The molecule has 94 valence electrons. The van der Waals surface area contributed by atoms with E-state index in [1.165, 1.54) is 25.1 Å². The van der Waals surface area contributed by atoms with Gasteiger partial charge in [0.25, 0.3) is 5.69 Å². The topological polar surface area (TPSA) is 110 Å². The van der Waals surface area contributed by atoms with E-state index in [1.807, 2.05) is 0 Å². The predicted octanol–water partition coefficient (Wildman–Crippen LogP) is 0.637. The van der Waals surface area contributed by atoms with Crippen LogP contribution in [0.1, 0.15) is 5.56 Å². The Bertz CT molecular complexity index is 526. The molecule has 0 bridgehead atoms. The molecule has 2 N–H and O–H groups in total. The number of anilines is 1. The molecule has 0 saturated heterocycles. The highest BCUT2D eigenvalue weighted by molar-refractivity contribution is 7.92. The first-order valence-electron chi connectivity index (χ1n) is 4.72. The van der Waals surface area contributed by atoms with Crippen molar-refractivity contribution in [3.63, 3.8) is 0 Å². The maximum atomic E-state index is 11.3. The largest absolute Gasteiger partial charge is 0.395 e. The van der Waals surface area contributed by atoms with Crippen LogP contribution >= 0.6 is 0 Å². The van der Waals surface area contributed by atoms with Crippen molar-refractivity contribution in [1.82, 2.24) is 0 Å². The van der Waals surface area contributed by atoms with Gasteiger partial charge >= 0.3 is 0 Å². The number of aliphatic hydroxyl groups excluding tert-OH is 1. The standard InChI is InChI=1S/C9H12N2O5S/c1-7-6-8(2-3-9(7)11(13)14)10-17(15,16)5-4-12/h2-3,6,10,12H,4-5H2,1H3. The van der Waals surface area contributed by atoms with Crippen LogP contribution in [0, 0.1) is 17.0 Å². The van der Waals surface area contributed by atoms with Crippen LogP contribution < -0.4 is 4.72 Å². The fraction of sp³-hybridized carbons (Fsp3) is 0.333. The molecule has 1 aromatic rings. The number of sulfonamides is 1. The van der Waals surface area contributed by atoms with Crippen LogP contribution in [0.5, 0.6) is 0 Å². The molecule has 8 heteroatoms. The van der Waals surface area contributed by atoms with E-state index in [0.717, 1.165) is 0 Å². The van der Waals surface area contributed by atoms with Crippen LogP contribution in [-0.2, 0) is 10.0 Å². The Kier molecular flexibility index (Phi) is 4.02. The van der Waals surface area contributed by atoms with Gasteiger partial charge in [-0.3, -0.25) is 14.8 Å². The first-order valence-corrected chi connectivity index (χ1v) is 6.37. The minimum atomic E-state index is -3.60. The van der Waals surface area contributed by atoms with Gasteiger partial charge in [0.1, 0.15) is 0 Å². The average Bonchev–Trinajstić information content (AvgIpc) is 2.15. The second-order valence-electron chi connectivity index (χ2n) is 3.40. The van der Waals surface area contributed by atoms with Gasteiger partial charge in [-0.1, -0.05) is 0 Å². The number of aliphatic hydroxyl groups is 1. The summed E-state index contributed by atoms with van der Waals surface area (Å²) in [6, 6.07) is 3.90. The Morgan fingerprint density at radius 3 is 2.59 bits per heavy atom. The molecule has 0 heterocycles. The zero-order chi connectivity index (χ0) is 13.1. The summed E-state index contributed by atoms with van der Waals surface area (Å²) < 4.78 is 24.9. The Morgan fingerprint density at radius 2 is 2.12 bits per heavy atom. The monoisotopic (exact) mass is 260 g/mol. The third-order valence-electron chi connectivity index (χ3n) is 2.03. The van der Waals surface area contributed by atoms with E-state index < -0.39 is 27.3 Å². The van der Waals surface area contributed by atoms with Crippen molar-refractivity contribution < 1.29 is 18.4 Å². The molecular weight excluding hydrogens is 248 g/mol. The number of nitrogens with one attached hydrogen (secondary N) is 1. The highest BCUT2D eigenvalue weighted by atomic mass is 32.2. The summed E-state index contributed by atoms with van der Waals surface area (Å²) in [4.78, 5) is 10.0. The van der Waals surface area contributed by atoms with Crippen LogP contribution in [0.3, 0.4) is 0 Å². The van der Waals surface area contributed by atoms with Gasteiger partial charge in [0, 0.05) is 17.3 Å². The molecule has 7 nitrogen and oxygen atoms in total. The Balaban J connectivity index is 2.96. The second-order valence-corrected chi connectivity index (χ2v) is 5.24. The summed E-state index contributed by atoms with van der Waals surface area (Å²) in [5.74, 6) is -0.414. The number of nitrogens with zero attached hydrogens (tertiary/aromatic N) is 1. The summed E-state index contributed by atoms with van der Waals surface area (Å²) in [6.07, 6.45) is 0. The van der Waals surface area contributed by atoms with Gasteiger partial charge in [0.15, 0.2) is 0 Å². The first-order chi connectivity index (χ1) is 7.85. The fourth-order valence-corrected chi connectivity index (χ4v) is 2.10. The van der Waals surface area contributed by atoms with E-state index in [0.29, 0.717) is 5.56 Å². The van der Waals surface area contributed by atoms with Crippen molar-refractivity contribution >= 4 is 21.4 Å². The normalized spacial score (nSPS) is 11.2. The van der Waals surface area contributed by atoms with Crippen molar-refractivity contribution in [3.05, 3.63) is 33.9 Å². The van der Waals surface area contributed by atoms with E-state index in [1.54, 1.807) is 0 Å². The first kappa shape index (κ1) is 13.4. The lowest BCUT2D eigenvalue weighted by Crippen LogP contribution is -2.18. The van der Waals surface area contributed by atoms with Crippen LogP contribution in [0.15, 0.2) is 18.2 Å². The number of hydrogen-bond acceptors (Lipinski definition) is 5. The second kappa shape index (κ2) is 5.11. The van der Waals surface area contributed by atoms with Crippen molar-refractivity contribution in [2.24, 2.45) is 0 Å². The molecular formula is C9H12N2O5S. The van der Waals surface area contributed by atoms with Crippen LogP contribution in [0.2, 0.25) is 0 Å². The molecule has 0 saturated carbocycles. The van der Waals surface area contributed by atoms with Gasteiger partial charge in [-0.05, 0) is 19.1 Å². The molecule has 0 amide bonds. The predicted molar refractivity (Wildman–Crippen MR) is 62.3 cm³/mol. The quantitative estimate of drug-likeness (QED) is 0.596. The summed E-state index contributed by atoms with van der Waals surface area (Å²) in [6.45, 7) is 1.03. The highest BCUT2D eigenvalue weighted by Gasteiger charge is 2.13. The van der Waals surface area contributed by atoms with Crippen LogP contribution in [-0.4, -0.2) is 30.8 Å². The molecule has 0 aliphatic heterocycles. The van der Waals surface area contributed by atoms with E-state index in [-0.39, 0.29) is 11.4 Å². The zero-order valence-corrected chi connectivity index (χ0v) is 9.90. The summed E-state index contributed by atoms with van der Waals surface area (Å²) in [5, 5.41) is 19.1. The molecule has 0 spiro atoms. The van der Waals surface area contributed by atoms with Crippen molar-refractivity contribution in [2.45, 2.75) is 6.92 Å². The SMILES string of the molecule is Cc1cc(NS(=O)(=O)CCO)ccc1[N+](=O)[O-]. The minimum absolute atomic E-state index is 0.0740. The molecule has 0 radical (unpaired) electrons. The van der Waals surface area contributed by atoms with Crippen molar-refractivity contribution in [2.75, 3.05) is 17.1 Å². The Labute approximate surface area is 98.3 Å². The Hall–Kier alpha value is -1.67. The lowest BCUT2D eigenvalue weighted by Gasteiger charge is -2.07. The third kappa shape index (κ3) is 3.68. The maximum absolute atomic E-state index is 11.3. The number of hydrogen-bond donors (Lipinski definition) is 2. The summed E-state index contributed by atoms with van der Waals surface area (Å²) >= 11 is 0. The van der Waals surface area contributed by atoms with Gasteiger partial charge < -0.3 is 5.11 Å². The van der Waals surface area contributed by atoms with Crippen molar-refractivity contribution in [1.29, 1.82) is 0 Å². The van der Waals surface area contributed by atoms with E-state index in [4.69, 9.17) is 5.11 Å². The maximum Gasteiger partial charge on any atom is 0.272 e. The van der Waals surface area contributed by atoms with Crippen LogP contribution in [0.25, 0.3) is 0 Å². The fourth-order valence-electron chi connectivity index (χ4n) is 1.27. The smallest absolute Gasteiger partial charge is 0.272 e. The van der Waals surface area contributed by atoms with Gasteiger partial charge in [-0.25, -0.2) is 8.42 Å². The molecule has 0 atom stereocenters. The van der Waals surface area contributed by atoms with E-state index >= 15 is 0 Å². The van der Waals surface area contributed by atoms with Gasteiger partial charge in [-0.15, -0.1) is 0 Å². The number of aryl methyl sites for hydroxylation is 1. The van der Waals surface area contributed by atoms with E-state index in [2.05, 4.69) is 4.72 Å². The number of rotatable bonds is 5. The number of benzene rings is 1. The summed E-state index contributed by atoms with van der Waals surface area (Å²) in [7, 11) is -3.60. The molecule has 0 aromatic heterocycles. The molecule has 0 fully saturated rings. The molecule has 1 rings (SSSR count). The average molecular weight is 260 g/mol. The highest BCUT2D eigenvalue weighted by Crippen LogP contribution is 2.22. The van der Waals surface area contributed by atoms with Gasteiger partial charge in [-0.2, -0.15) is 0 Å². The lowest BCUT2D eigenvalue weighted by atomic mass is 10.2.